The SMILES string of the molecule is CC[C@H]1OC(=O)[C@H](C)[C@@H](O[C@H]2C[C@@](C)(OC)[C@@H](O)[C@H](C)O2)[C@H](C)[C@@H](O[C@@H]2O[C@H](C)C[C@H](N(C)CCc3cn([C@H](CF)Cc4ccc(S(=O)(=O)CCCCF)cc4)nn3)[C@H]2O)[C@](C)(O)CC[C@@H](C)CN(C)[C@H](C)[C@@H](O)C[C@]1(C)O. The Morgan fingerprint density at radius 3 is 2.27 bits per heavy atom. The highest BCUT2D eigenvalue weighted by Crippen LogP contribution is 2.40. The van der Waals surface area contributed by atoms with Crippen molar-refractivity contribution >= 4 is 15.8 Å². The van der Waals surface area contributed by atoms with Crippen LogP contribution in [0.1, 0.15) is 138 Å². The third-order valence-electron chi connectivity index (χ3n) is 17.0. The highest BCUT2D eigenvalue weighted by molar-refractivity contribution is 7.91. The number of aliphatic hydroxyl groups is 5. The molecule has 0 aliphatic carbocycles. The van der Waals surface area contributed by atoms with Crippen LogP contribution in [0.5, 0.6) is 0 Å². The summed E-state index contributed by atoms with van der Waals surface area (Å²) in [6.07, 6.45) is -5.89. The number of benzene rings is 1. The lowest BCUT2D eigenvalue weighted by Gasteiger charge is -2.48. The van der Waals surface area contributed by atoms with Crippen molar-refractivity contribution in [2.24, 2.45) is 17.8 Å². The second-order valence-electron chi connectivity index (χ2n) is 23.8. The fourth-order valence-corrected chi connectivity index (χ4v) is 12.9. The molecule has 3 saturated heterocycles. The number of methoxy groups -OCH3 is 1. The van der Waals surface area contributed by atoms with Crippen LogP contribution in [0, 0.1) is 17.8 Å². The van der Waals surface area contributed by atoms with Crippen LogP contribution in [0.25, 0.3) is 0 Å². The van der Waals surface area contributed by atoms with Gasteiger partial charge in [0.15, 0.2) is 22.4 Å². The summed E-state index contributed by atoms with van der Waals surface area (Å²) in [5, 5.41) is 68.2. The lowest BCUT2D eigenvalue weighted by atomic mass is 9.78. The number of hydrogen-bond acceptors (Lipinski definition) is 18. The highest BCUT2D eigenvalue weighted by Gasteiger charge is 2.52. The Bertz CT molecular complexity index is 2270. The van der Waals surface area contributed by atoms with E-state index in [2.05, 4.69) is 17.2 Å². The van der Waals surface area contributed by atoms with Gasteiger partial charge in [-0.15, -0.1) is 5.10 Å². The number of nitrogens with zero attached hydrogens (tertiary/aromatic N) is 5. The Labute approximate surface area is 462 Å². The number of alkyl halides is 2. The lowest BCUT2D eigenvalue weighted by Crippen LogP contribution is -2.60. The summed E-state index contributed by atoms with van der Waals surface area (Å²) in [5.74, 6) is -2.78. The molecular weight excluding hydrogens is 1040 g/mol. The zero-order valence-electron chi connectivity index (χ0n) is 48.5. The van der Waals surface area contributed by atoms with E-state index in [1.165, 1.54) is 23.9 Å². The van der Waals surface area contributed by atoms with Crippen LogP contribution in [0.4, 0.5) is 8.78 Å². The molecule has 4 heterocycles. The summed E-state index contributed by atoms with van der Waals surface area (Å²) in [6.45, 7) is 17.3. The van der Waals surface area contributed by atoms with Crippen molar-refractivity contribution in [1.82, 2.24) is 24.8 Å². The Morgan fingerprint density at radius 1 is 0.962 bits per heavy atom. The maximum Gasteiger partial charge on any atom is 0.311 e. The van der Waals surface area contributed by atoms with Gasteiger partial charge >= 0.3 is 5.97 Å². The molecule has 5 rings (SSSR count). The second kappa shape index (κ2) is 28.4. The molecule has 0 spiro atoms. The van der Waals surface area contributed by atoms with E-state index in [4.69, 9.17) is 28.4 Å². The molecule has 3 aliphatic heterocycles. The lowest BCUT2D eigenvalue weighted by molar-refractivity contribution is -0.318. The molecule has 0 radical (unpaired) electrons. The Kier molecular flexibility index (Phi) is 24.0. The maximum atomic E-state index is 14.6. The number of rotatable bonds is 19. The van der Waals surface area contributed by atoms with Crippen LogP contribution in [-0.2, 0) is 55.9 Å². The van der Waals surface area contributed by atoms with Gasteiger partial charge in [-0.3, -0.25) is 9.18 Å². The molecule has 2 aromatic rings. The molecule has 78 heavy (non-hydrogen) atoms. The van der Waals surface area contributed by atoms with Crippen LogP contribution in [0.15, 0.2) is 35.4 Å². The fraction of sp³-hybridized carbons (Fsp3) is 0.839. The average molecular weight is 1130 g/mol. The Balaban J connectivity index is 1.40. The molecule has 19 nitrogen and oxygen atoms in total. The van der Waals surface area contributed by atoms with Gasteiger partial charge in [0.2, 0.25) is 0 Å². The van der Waals surface area contributed by atoms with Gasteiger partial charge in [0, 0.05) is 63.7 Å². The number of cyclic esters (lactones) is 1. The van der Waals surface area contributed by atoms with Crippen LogP contribution in [-0.4, -0.2) is 208 Å². The summed E-state index contributed by atoms with van der Waals surface area (Å²) >= 11 is 0. The van der Waals surface area contributed by atoms with Crippen molar-refractivity contribution < 1.29 is 75.9 Å². The third kappa shape index (κ3) is 16.9. The zero-order valence-corrected chi connectivity index (χ0v) is 49.4. The van der Waals surface area contributed by atoms with Gasteiger partial charge in [0.25, 0.3) is 0 Å². The molecule has 3 aliphatic rings. The molecule has 1 aromatic carbocycles. The number of unbranched alkanes of at least 4 members (excludes halogenated alkanes) is 1. The van der Waals surface area contributed by atoms with Crippen molar-refractivity contribution in [3.63, 3.8) is 0 Å². The van der Waals surface area contributed by atoms with E-state index in [0.717, 1.165) is 0 Å². The molecule has 0 saturated carbocycles. The average Bonchev–Trinajstić information content (AvgIpc) is 3.90. The van der Waals surface area contributed by atoms with Gasteiger partial charge < -0.3 is 63.8 Å². The van der Waals surface area contributed by atoms with Crippen molar-refractivity contribution in [1.29, 1.82) is 0 Å². The molecule has 22 heteroatoms. The van der Waals surface area contributed by atoms with Crippen LogP contribution in [0.2, 0.25) is 0 Å². The first-order valence-corrected chi connectivity index (χ1v) is 29.8. The number of sulfone groups is 1. The van der Waals surface area contributed by atoms with E-state index in [1.54, 1.807) is 66.8 Å². The Hall–Kier alpha value is -2.84. The summed E-state index contributed by atoms with van der Waals surface area (Å²) < 4.78 is 92.4. The molecular formula is C56H95F2N5O14S. The minimum absolute atomic E-state index is 0.00763. The van der Waals surface area contributed by atoms with Gasteiger partial charge in [-0.1, -0.05) is 38.1 Å². The van der Waals surface area contributed by atoms with Crippen molar-refractivity contribution in [2.75, 3.05) is 53.4 Å². The number of esters is 1. The quantitative estimate of drug-likeness (QED) is 0.0901. The number of halogens is 2. The normalized spacial score (nSPS) is 38.0. The maximum absolute atomic E-state index is 14.6. The van der Waals surface area contributed by atoms with Crippen LogP contribution < -0.4 is 0 Å². The van der Waals surface area contributed by atoms with Gasteiger partial charge in [0.05, 0.1) is 76.7 Å². The number of aromatic nitrogens is 3. The van der Waals surface area contributed by atoms with E-state index in [1.807, 2.05) is 37.7 Å². The minimum atomic E-state index is -3.57. The largest absolute Gasteiger partial charge is 0.459 e. The number of ether oxygens (including phenoxy) is 6. The van der Waals surface area contributed by atoms with E-state index in [-0.39, 0.29) is 67.6 Å². The van der Waals surface area contributed by atoms with E-state index in [0.29, 0.717) is 43.6 Å². The van der Waals surface area contributed by atoms with E-state index in [9.17, 15) is 47.5 Å². The van der Waals surface area contributed by atoms with E-state index < -0.39 is 131 Å². The first-order valence-electron chi connectivity index (χ1n) is 28.1. The summed E-state index contributed by atoms with van der Waals surface area (Å²) in [7, 11) is 1.68. The van der Waals surface area contributed by atoms with Crippen LogP contribution >= 0.6 is 0 Å². The summed E-state index contributed by atoms with van der Waals surface area (Å²) in [6, 6.07) is 4.66. The van der Waals surface area contributed by atoms with Crippen molar-refractivity contribution in [3.8, 4) is 0 Å². The number of carbonyl (C=O) groups excluding carboxylic acids is 1. The minimum Gasteiger partial charge on any atom is -0.459 e. The van der Waals surface area contributed by atoms with Gasteiger partial charge in [-0.2, -0.15) is 0 Å². The first-order chi connectivity index (χ1) is 36.5. The molecule has 0 bridgehead atoms. The number of likely N-dealkylation sites (N-methyl/N-ethyl adjacent to an activating group) is 2. The van der Waals surface area contributed by atoms with Crippen molar-refractivity contribution in [2.45, 2.75) is 235 Å². The standard InChI is InChI=1S/C56H95F2N5O14S/c1-14-46-55(9,69)29-45(64)38(6)62(12)32-34(2)21-23-54(8,68)51(36(4)49(37(5)52(67)75-46)76-47-30-56(10,72-13)50(66)39(7)74-47)77-53-48(65)44(27-35(3)73-53)61(11)25-22-41-33-63(60-59-41)42(31-58)28-40-17-19-43(20-18-40)78(70,71)26-16-15-24-57/h17-20,33-39,42,44-51,53,64-66,68-69H,14-16,21-32H2,1-13H3/t34-,35-,36+,37-,38-,39+,42+,44+,45+,46-,47+,48-,49+,50+,51-,53+,54-,55+,56-/m1/s1. The monoisotopic (exact) mass is 1130 g/mol. The Morgan fingerprint density at radius 2 is 1.64 bits per heavy atom. The molecule has 1 aromatic heterocycles. The van der Waals surface area contributed by atoms with Gasteiger partial charge in [-0.05, 0) is 131 Å². The highest BCUT2D eigenvalue weighted by atomic mass is 32.2. The predicted octanol–water partition coefficient (Wildman–Crippen LogP) is 5.16. The summed E-state index contributed by atoms with van der Waals surface area (Å²) in [4.78, 5) is 18.7. The first kappa shape index (κ1) is 66.0. The molecule has 448 valence electrons. The van der Waals surface area contributed by atoms with Gasteiger partial charge in [0.1, 0.15) is 30.6 Å². The topological polar surface area (TPSA) is 245 Å². The zero-order chi connectivity index (χ0) is 58.1. The molecule has 3 fully saturated rings. The van der Waals surface area contributed by atoms with Crippen LogP contribution in [0.3, 0.4) is 0 Å². The van der Waals surface area contributed by atoms with Gasteiger partial charge in [-0.25, -0.2) is 17.5 Å². The number of hydrogen-bond donors (Lipinski definition) is 5. The number of aliphatic hydroxyl groups excluding tert-OH is 3. The fourth-order valence-electron chi connectivity index (χ4n) is 11.6. The number of carbonyl (C=O) groups is 1. The smallest absolute Gasteiger partial charge is 0.311 e. The second-order valence-corrected chi connectivity index (χ2v) is 25.9. The summed E-state index contributed by atoms with van der Waals surface area (Å²) in [5.41, 5.74) is -3.06. The molecule has 5 N–H and O–H groups in total. The molecule has 0 unspecified atom stereocenters. The predicted molar refractivity (Wildman–Crippen MR) is 289 cm³/mol. The van der Waals surface area contributed by atoms with Crippen molar-refractivity contribution in [3.05, 3.63) is 41.7 Å². The molecule has 19 atom stereocenters. The molecule has 0 amide bonds. The third-order valence-corrected chi connectivity index (χ3v) is 18.9. The van der Waals surface area contributed by atoms with E-state index >= 15 is 0 Å².